The zero-order valence-electron chi connectivity index (χ0n) is 24.3. The van der Waals surface area contributed by atoms with E-state index in [0.29, 0.717) is 0 Å². The third kappa shape index (κ3) is 3.56. The van der Waals surface area contributed by atoms with Gasteiger partial charge >= 0.3 is 0 Å². The van der Waals surface area contributed by atoms with Gasteiger partial charge < -0.3 is 9.30 Å². The molecular formula is C42H26N2S. The third-order valence-corrected chi connectivity index (χ3v) is 10.5. The Bertz CT molecular complexity index is 2700. The van der Waals surface area contributed by atoms with Gasteiger partial charge in [-0.3, -0.25) is 0 Å². The number of para-hydroxylation sites is 3. The Morgan fingerprint density at radius 2 is 1.00 bits per heavy atom. The number of thiophene rings is 1. The molecule has 0 bridgehead atoms. The van der Waals surface area contributed by atoms with Crippen molar-refractivity contribution in [3.05, 3.63) is 158 Å². The van der Waals surface area contributed by atoms with E-state index in [2.05, 4.69) is 167 Å². The number of aromatic nitrogens is 1. The van der Waals surface area contributed by atoms with Gasteiger partial charge in [-0.15, -0.1) is 11.3 Å². The van der Waals surface area contributed by atoms with Crippen LogP contribution < -0.4 is 4.90 Å². The van der Waals surface area contributed by atoms with Crippen molar-refractivity contribution in [2.45, 2.75) is 0 Å². The first-order valence-electron chi connectivity index (χ1n) is 15.4. The Balaban J connectivity index is 1.29. The van der Waals surface area contributed by atoms with Gasteiger partial charge in [0.15, 0.2) is 0 Å². The van der Waals surface area contributed by atoms with Gasteiger partial charge in [-0.05, 0) is 59.7 Å². The second-order valence-electron chi connectivity index (χ2n) is 11.8. The van der Waals surface area contributed by atoms with Crippen LogP contribution in [0.4, 0.5) is 17.1 Å². The van der Waals surface area contributed by atoms with Crippen LogP contribution in [0, 0.1) is 0 Å². The van der Waals surface area contributed by atoms with Crippen LogP contribution in [-0.4, -0.2) is 4.40 Å². The normalized spacial score (nSPS) is 12.0. The standard InChI is InChI=1S/C42H26N2S/c1-2-10-27(11-3-1)28-20-22-29(23-21-28)43(30-24-25-40-36(26-30)32-13-5-7-19-39(32)45-40)38-18-9-16-35-34-15-8-14-33-31-12-4-6-17-37(31)44(41(33)34)42(35)38/h1-26H. The van der Waals surface area contributed by atoms with E-state index in [1.54, 1.807) is 0 Å². The topological polar surface area (TPSA) is 7.65 Å². The fraction of sp³-hybridized carbons (Fsp3) is 0. The molecule has 0 atom stereocenters. The van der Waals surface area contributed by atoms with E-state index in [9.17, 15) is 0 Å². The van der Waals surface area contributed by atoms with Gasteiger partial charge in [0.05, 0.1) is 22.2 Å². The molecule has 0 saturated heterocycles. The molecule has 7 aromatic carbocycles. The number of hydrogen-bond acceptors (Lipinski definition) is 2. The highest BCUT2D eigenvalue weighted by molar-refractivity contribution is 7.25. The van der Waals surface area contributed by atoms with Crippen LogP contribution in [0.2, 0.25) is 0 Å². The first-order chi connectivity index (χ1) is 22.3. The van der Waals surface area contributed by atoms with Crippen LogP contribution in [-0.2, 0) is 0 Å². The molecule has 0 saturated carbocycles. The molecule has 0 N–H and O–H groups in total. The molecule has 3 heteroatoms. The van der Waals surface area contributed by atoms with E-state index in [1.165, 1.54) is 69.4 Å². The van der Waals surface area contributed by atoms with Crippen LogP contribution in [0.5, 0.6) is 0 Å². The van der Waals surface area contributed by atoms with E-state index >= 15 is 0 Å². The highest BCUT2D eigenvalue weighted by Crippen LogP contribution is 2.47. The summed E-state index contributed by atoms with van der Waals surface area (Å²) >= 11 is 1.86. The Labute approximate surface area is 264 Å². The fourth-order valence-corrected chi connectivity index (χ4v) is 8.43. The number of anilines is 3. The molecule has 2 nitrogen and oxygen atoms in total. The van der Waals surface area contributed by atoms with Gasteiger partial charge in [0.2, 0.25) is 0 Å². The van der Waals surface area contributed by atoms with E-state index in [4.69, 9.17) is 0 Å². The highest BCUT2D eigenvalue weighted by Gasteiger charge is 2.23. The number of nitrogens with zero attached hydrogens (tertiary/aromatic N) is 2. The Hall–Kier alpha value is -5.64. The molecule has 0 fully saturated rings. The third-order valence-electron chi connectivity index (χ3n) is 9.32. The van der Waals surface area contributed by atoms with Gasteiger partial charge in [-0.1, -0.05) is 109 Å². The molecular weight excluding hydrogens is 565 g/mol. The van der Waals surface area contributed by atoms with Crippen LogP contribution in [0.15, 0.2) is 158 Å². The predicted molar refractivity (Wildman–Crippen MR) is 194 cm³/mol. The maximum atomic E-state index is 2.49. The zero-order valence-corrected chi connectivity index (χ0v) is 25.1. The first kappa shape index (κ1) is 24.8. The van der Waals surface area contributed by atoms with E-state index in [-0.39, 0.29) is 0 Å². The molecule has 0 unspecified atom stereocenters. The molecule has 3 aromatic heterocycles. The second-order valence-corrected chi connectivity index (χ2v) is 12.8. The lowest BCUT2D eigenvalue weighted by Gasteiger charge is -2.27. The van der Waals surface area contributed by atoms with Crippen molar-refractivity contribution in [2.24, 2.45) is 0 Å². The highest BCUT2D eigenvalue weighted by atomic mass is 32.1. The SMILES string of the molecule is c1ccc(-c2ccc(N(c3ccc4sc5ccccc5c4c3)c3cccc4c5cccc6c7ccccc7n(c34)c65)cc2)cc1. The average Bonchev–Trinajstić information content (AvgIpc) is 3.76. The summed E-state index contributed by atoms with van der Waals surface area (Å²) in [5, 5.41) is 7.76. The van der Waals surface area contributed by atoms with E-state index in [0.717, 1.165) is 17.1 Å². The predicted octanol–water partition coefficient (Wildman–Crippen LogP) is 12.3. The average molecular weight is 591 g/mol. The van der Waals surface area contributed by atoms with Crippen LogP contribution >= 0.6 is 11.3 Å². The lowest BCUT2D eigenvalue weighted by atomic mass is 10.0. The molecule has 0 aliphatic rings. The van der Waals surface area contributed by atoms with Crippen LogP contribution in [0.25, 0.3) is 69.4 Å². The molecule has 3 heterocycles. The minimum absolute atomic E-state index is 1.13. The van der Waals surface area contributed by atoms with Gasteiger partial charge in [-0.2, -0.15) is 0 Å². The van der Waals surface area contributed by atoms with E-state index < -0.39 is 0 Å². The lowest BCUT2D eigenvalue weighted by Crippen LogP contribution is -2.11. The number of fused-ring (bicyclic) bond motifs is 9. The fourth-order valence-electron chi connectivity index (χ4n) is 7.35. The van der Waals surface area contributed by atoms with Crippen LogP contribution in [0.1, 0.15) is 0 Å². The van der Waals surface area contributed by atoms with Gasteiger partial charge in [0, 0.05) is 53.1 Å². The van der Waals surface area contributed by atoms with E-state index in [1.807, 2.05) is 11.3 Å². The molecule has 10 rings (SSSR count). The summed E-state index contributed by atoms with van der Waals surface area (Å²) in [6.45, 7) is 0. The molecule has 0 amide bonds. The summed E-state index contributed by atoms with van der Waals surface area (Å²) < 4.78 is 5.12. The van der Waals surface area contributed by atoms with Gasteiger partial charge in [0.1, 0.15) is 0 Å². The monoisotopic (exact) mass is 590 g/mol. The summed E-state index contributed by atoms with van der Waals surface area (Å²) in [4.78, 5) is 2.45. The van der Waals surface area contributed by atoms with Crippen molar-refractivity contribution in [1.29, 1.82) is 0 Å². The summed E-state index contributed by atoms with van der Waals surface area (Å²) in [5.41, 5.74) is 9.64. The smallest absolute Gasteiger partial charge is 0.0782 e. The molecule has 0 aliphatic carbocycles. The quantitative estimate of drug-likeness (QED) is 0.198. The second kappa shape index (κ2) is 9.43. The van der Waals surface area contributed by atoms with Crippen molar-refractivity contribution in [3.63, 3.8) is 0 Å². The molecule has 0 radical (unpaired) electrons. The lowest BCUT2D eigenvalue weighted by molar-refractivity contribution is 1.27. The minimum atomic E-state index is 1.13. The van der Waals surface area contributed by atoms with Crippen LogP contribution in [0.3, 0.4) is 0 Å². The number of rotatable bonds is 4. The largest absolute Gasteiger partial charge is 0.308 e. The summed E-state index contributed by atoms with van der Waals surface area (Å²) in [7, 11) is 0. The van der Waals surface area contributed by atoms with Crippen molar-refractivity contribution >= 4 is 86.7 Å². The number of benzene rings is 7. The summed E-state index contributed by atoms with van der Waals surface area (Å²) in [6.07, 6.45) is 0. The Morgan fingerprint density at radius 3 is 1.84 bits per heavy atom. The van der Waals surface area contributed by atoms with Gasteiger partial charge in [-0.25, -0.2) is 0 Å². The Kier molecular flexibility index (Phi) is 5.19. The maximum absolute atomic E-state index is 2.49. The summed E-state index contributed by atoms with van der Waals surface area (Å²) in [5.74, 6) is 0. The maximum Gasteiger partial charge on any atom is 0.0782 e. The molecule has 45 heavy (non-hydrogen) atoms. The van der Waals surface area contributed by atoms with Crippen molar-refractivity contribution in [2.75, 3.05) is 4.90 Å². The molecule has 210 valence electrons. The van der Waals surface area contributed by atoms with Crippen molar-refractivity contribution < 1.29 is 0 Å². The molecule has 0 spiro atoms. The first-order valence-corrected chi connectivity index (χ1v) is 16.2. The van der Waals surface area contributed by atoms with Gasteiger partial charge in [0.25, 0.3) is 0 Å². The number of hydrogen-bond donors (Lipinski definition) is 0. The molecule has 0 aliphatic heterocycles. The Morgan fingerprint density at radius 1 is 0.400 bits per heavy atom. The summed E-state index contributed by atoms with van der Waals surface area (Å²) in [6, 6.07) is 57.7. The zero-order chi connectivity index (χ0) is 29.5. The van der Waals surface area contributed by atoms with Crippen molar-refractivity contribution in [1.82, 2.24) is 4.40 Å². The minimum Gasteiger partial charge on any atom is -0.308 e. The van der Waals surface area contributed by atoms with Crippen molar-refractivity contribution in [3.8, 4) is 11.1 Å². The molecule has 10 aromatic rings.